The third kappa shape index (κ3) is 5.53. The number of carbonyl (C=O) groups excluding carboxylic acids is 1. The topological polar surface area (TPSA) is 95.9 Å². The van der Waals surface area contributed by atoms with Crippen molar-refractivity contribution in [2.75, 3.05) is 0 Å². The number of phenolic OH excluding ortho intramolecular Hbond substituents is 1. The summed E-state index contributed by atoms with van der Waals surface area (Å²) in [4.78, 5) is 23.4. The van der Waals surface area contributed by atoms with Crippen molar-refractivity contribution in [3.8, 4) is 16.9 Å². The van der Waals surface area contributed by atoms with Crippen LogP contribution in [0.4, 0.5) is 4.79 Å². The number of alkyl carbamates (subject to hydrolysis) is 1. The number of carbonyl (C=O) groups is 2. The average molecular weight is 504 g/mol. The third-order valence-electron chi connectivity index (χ3n) is 8.29. The van der Waals surface area contributed by atoms with Gasteiger partial charge in [-0.2, -0.15) is 0 Å². The van der Waals surface area contributed by atoms with Crippen LogP contribution in [0.2, 0.25) is 0 Å². The van der Waals surface area contributed by atoms with Gasteiger partial charge in [0.1, 0.15) is 11.4 Å². The summed E-state index contributed by atoms with van der Waals surface area (Å²) in [5.41, 5.74) is 4.00. The molecule has 0 atom stereocenters. The van der Waals surface area contributed by atoms with Crippen molar-refractivity contribution in [1.82, 2.24) is 5.32 Å². The van der Waals surface area contributed by atoms with Gasteiger partial charge in [-0.15, -0.1) is 0 Å². The zero-order valence-corrected chi connectivity index (χ0v) is 21.9. The fourth-order valence-electron chi connectivity index (χ4n) is 7.36. The molecule has 4 bridgehead atoms. The van der Waals surface area contributed by atoms with Gasteiger partial charge < -0.3 is 20.3 Å². The molecule has 0 unspecified atom stereocenters. The van der Waals surface area contributed by atoms with Crippen molar-refractivity contribution in [3.05, 3.63) is 59.2 Å². The van der Waals surface area contributed by atoms with Crippen molar-refractivity contribution >= 4 is 18.1 Å². The predicted molar refractivity (Wildman–Crippen MR) is 143 cm³/mol. The molecule has 2 aromatic carbocycles. The summed E-state index contributed by atoms with van der Waals surface area (Å²) < 4.78 is 5.41. The van der Waals surface area contributed by atoms with Gasteiger partial charge in [-0.1, -0.05) is 18.2 Å². The van der Waals surface area contributed by atoms with Crippen molar-refractivity contribution < 1.29 is 24.5 Å². The number of hydrogen-bond donors (Lipinski definition) is 3. The summed E-state index contributed by atoms with van der Waals surface area (Å²) in [5.74, 6) is 1.66. The second-order valence-corrected chi connectivity index (χ2v) is 12.4. The minimum Gasteiger partial charge on any atom is -0.508 e. The number of carboxylic acid groups (broad SMARTS) is 1. The number of aliphatic carboxylic acids is 1. The normalized spacial score (nSPS) is 26.4. The molecule has 196 valence electrons. The van der Waals surface area contributed by atoms with Crippen LogP contribution in [-0.2, 0) is 21.5 Å². The molecule has 4 saturated carbocycles. The molecule has 6 heteroatoms. The van der Waals surface area contributed by atoms with E-state index in [1.165, 1.54) is 19.3 Å². The van der Waals surface area contributed by atoms with Crippen molar-refractivity contribution in [3.63, 3.8) is 0 Å². The Labute approximate surface area is 218 Å². The van der Waals surface area contributed by atoms with Crippen LogP contribution in [0.3, 0.4) is 0 Å². The average Bonchev–Trinajstić information content (AvgIpc) is 2.80. The second kappa shape index (κ2) is 9.55. The molecule has 6 rings (SSSR count). The first-order chi connectivity index (χ1) is 17.5. The SMILES string of the molecule is CC(C)(C)OC(=O)NCc1cc(/C=C/C(=O)O)ccc1-c1ccc(O)c(C23CC4CC(CC(C4)C2)C3)c1. The van der Waals surface area contributed by atoms with Crippen LogP contribution in [0.25, 0.3) is 17.2 Å². The molecule has 6 nitrogen and oxygen atoms in total. The number of carboxylic acids is 1. The maximum Gasteiger partial charge on any atom is 0.407 e. The van der Waals surface area contributed by atoms with Crippen LogP contribution in [-0.4, -0.2) is 27.9 Å². The molecule has 1 amide bonds. The Kier molecular flexibility index (Phi) is 6.55. The van der Waals surface area contributed by atoms with Crippen LogP contribution < -0.4 is 5.32 Å². The lowest BCUT2D eigenvalue weighted by Gasteiger charge is -2.57. The van der Waals surface area contributed by atoms with Crippen molar-refractivity contribution in [2.45, 2.75) is 76.9 Å². The van der Waals surface area contributed by atoms with Gasteiger partial charge in [-0.05, 0) is 129 Å². The van der Waals surface area contributed by atoms with Crippen LogP contribution in [0.15, 0.2) is 42.5 Å². The highest BCUT2D eigenvalue weighted by atomic mass is 16.6. The first kappa shape index (κ1) is 25.4. The minimum absolute atomic E-state index is 0.0495. The quantitative estimate of drug-likeness (QED) is 0.384. The summed E-state index contributed by atoms with van der Waals surface area (Å²) in [6.07, 6.45) is 9.62. The van der Waals surface area contributed by atoms with Crippen LogP contribution in [0.5, 0.6) is 5.75 Å². The second-order valence-electron chi connectivity index (χ2n) is 12.4. The molecule has 2 aromatic rings. The van der Waals surface area contributed by atoms with E-state index in [9.17, 15) is 14.7 Å². The van der Waals surface area contributed by atoms with E-state index in [0.717, 1.165) is 70.9 Å². The van der Waals surface area contributed by atoms with E-state index in [4.69, 9.17) is 9.84 Å². The van der Waals surface area contributed by atoms with Gasteiger partial charge in [0, 0.05) is 18.2 Å². The van der Waals surface area contributed by atoms with Gasteiger partial charge in [0.15, 0.2) is 0 Å². The molecular formula is C31H37NO5. The number of ether oxygens (including phenoxy) is 1. The van der Waals surface area contributed by atoms with E-state index < -0.39 is 17.7 Å². The summed E-state index contributed by atoms with van der Waals surface area (Å²) in [7, 11) is 0. The van der Waals surface area contributed by atoms with Gasteiger partial charge >= 0.3 is 12.1 Å². The van der Waals surface area contributed by atoms with E-state index in [1.54, 1.807) is 6.08 Å². The Bertz CT molecular complexity index is 1200. The Balaban J connectivity index is 1.49. The minimum atomic E-state index is -1.02. The fraction of sp³-hybridized carbons (Fsp3) is 0.484. The molecule has 0 aliphatic heterocycles. The molecule has 4 aliphatic carbocycles. The highest BCUT2D eigenvalue weighted by Crippen LogP contribution is 2.62. The van der Waals surface area contributed by atoms with Crippen molar-refractivity contribution in [2.24, 2.45) is 17.8 Å². The highest BCUT2D eigenvalue weighted by Gasteiger charge is 2.52. The molecule has 3 N–H and O–H groups in total. The lowest BCUT2D eigenvalue weighted by molar-refractivity contribution is -0.131. The molecule has 0 radical (unpaired) electrons. The summed E-state index contributed by atoms with van der Waals surface area (Å²) in [6, 6.07) is 11.6. The third-order valence-corrected chi connectivity index (χ3v) is 8.29. The lowest BCUT2D eigenvalue weighted by Crippen LogP contribution is -2.48. The van der Waals surface area contributed by atoms with E-state index in [2.05, 4.69) is 11.4 Å². The predicted octanol–water partition coefficient (Wildman–Crippen LogP) is 6.65. The van der Waals surface area contributed by atoms with Gasteiger partial charge in [-0.25, -0.2) is 9.59 Å². The first-order valence-electron chi connectivity index (χ1n) is 13.3. The summed E-state index contributed by atoms with van der Waals surface area (Å²) in [6.45, 7) is 5.68. The van der Waals surface area contributed by atoms with Crippen LogP contribution in [0, 0.1) is 17.8 Å². The van der Waals surface area contributed by atoms with Crippen LogP contribution >= 0.6 is 0 Å². The maximum absolute atomic E-state index is 12.4. The number of hydrogen-bond acceptors (Lipinski definition) is 4. The number of benzene rings is 2. The number of amides is 1. The monoisotopic (exact) mass is 503 g/mol. The summed E-state index contributed by atoms with van der Waals surface area (Å²) in [5, 5.41) is 22.9. The molecular weight excluding hydrogens is 466 g/mol. The molecule has 0 heterocycles. The molecule has 0 saturated heterocycles. The Morgan fingerprint density at radius 2 is 1.68 bits per heavy atom. The lowest BCUT2D eigenvalue weighted by atomic mass is 9.48. The Morgan fingerprint density at radius 3 is 2.27 bits per heavy atom. The van der Waals surface area contributed by atoms with E-state index in [-0.39, 0.29) is 12.0 Å². The van der Waals surface area contributed by atoms with Crippen LogP contribution in [0.1, 0.15) is 76.0 Å². The zero-order valence-electron chi connectivity index (χ0n) is 21.9. The number of rotatable bonds is 6. The Morgan fingerprint density at radius 1 is 1.03 bits per heavy atom. The highest BCUT2D eigenvalue weighted by molar-refractivity contribution is 5.85. The van der Waals surface area contributed by atoms with Gasteiger partial charge in [0.05, 0.1) is 0 Å². The van der Waals surface area contributed by atoms with Gasteiger partial charge in [0.25, 0.3) is 0 Å². The smallest absolute Gasteiger partial charge is 0.407 e. The number of nitrogens with one attached hydrogen (secondary N) is 1. The van der Waals surface area contributed by atoms with E-state index >= 15 is 0 Å². The number of aromatic hydroxyl groups is 1. The standard InChI is InChI=1S/C31H37NO5/c1-30(2,3)37-29(36)32-18-24-13-19(5-9-28(34)35)4-7-25(24)23-6-8-27(33)26(14-23)31-15-20-10-21(16-31)12-22(11-20)17-31/h4-9,13-14,20-22,33H,10-12,15-18H2,1-3H3,(H,32,36)(H,34,35)/b9-5+. The maximum atomic E-state index is 12.4. The zero-order chi connectivity index (χ0) is 26.4. The molecule has 4 aliphatic rings. The fourth-order valence-corrected chi connectivity index (χ4v) is 7.36. The van der Waals surface area contributed by atoms with E-state index in [0.29, 0.717) is 5.75 Å². The number of phenols is 1. The van der Waals surface area contributed by atoms with Gasteiger partial charge in [0.2, 0.25) is 0 Å². The summed E-state index contributed by atoms with van der Waals surface area (Å²) >= 11 is 0. The van der Waals surface area contributed by atoms with Gasteiger partial charge in [-0.3, -0.25) is 0 Å². The molecule has 0 spiro atoms. The first-order valence-corrected chi connectivity index (χ1v) is 13.3. The molecule has 0 aromatic heterocycles. The molecule has 4 fully saturated rings. The molecule has 37 heavy (non-hydrogen) atoms. The Hall–Kier alpha value is -3.28. The van der Waals surface area contributed by atoms with Crippen molar-refractivity contribution in [1.29, 1.82) is 0 Å². The largest absolute Gasteiger partial charge is 0.508 e. The van der Waals surface area contributed by atoms with E-state index in [1.807, 2.05) is 51.1 Å².